The van der Waals surface area contributed by atoms with Crippen LogP contribution in [0.15, 0.2) is 0 Å². The molecule has 1 heterocycles. The van der Waals surface area contributed by atoms with E-state index in [-0.39, 0.29) is 25.8 Å². The van der Waals surface area contributed by atoms with Crippen molar-refractivity contribution in [1.29, 1.82) is 0 Å². The van der Waals surface area contributed by atoms with E-state index in [1.807, 2.05) is 0 Å². The van der Waals surface area contributed by atoms with Gasteiger partial charge in [0.2, 0.25) is 17.7 Å². The Hall–Kier alpha value is -3.22. The zero-order valence-corrected chi connectivity index (χ0v) is 17.9. The van der Waals surface area contributed by atoms with Crippen molar-refractivity contribution in [2.24, 2.45) is 11.7 Å². The van der Waals surface area contributed by atoms with Crippen molar-refractivity contribution in [3.05, 3.63) is 0 Å². The number of aliphatic carboxylic acids is 3. The quantitative estimate of drug-likeness (QED) is 0.196. The van der Waals surface area contributed by atoms with Crippen molar-refractivity contribution in [3.63, 3.8) is 0 Å². The van der Waals surface area contributed by atoms with Gasteiger partial charge >= 0.3 is 17.9 Å². The van der Waals surface area contributed by atoms with Crippen molar-refractivity contribution in [2.75, 3.05) is 6.54 Å². The van der Waals surface area contributed by atoms with Crippen LogP contribution in [0.5, 0.6) is 0 Å². The van der Waals surface area contributed by atoms with Crippen LogP contribution in [0.1, 0.15) is 46.0 Å². The molecule has 4 unspecified atom stereocenters. The topological polar surface area (TPSA) is 216 Å². The first kappa shape index (κ1) is 26.8. The second-order valence-corrected chi connectivity index (χ2v) is 7.96. The second kappa shape index (κ2) is 12.0. The van der Waals surface area contributed by atoms with E-state index in [9.17, 15) is 33.9 Å². The van der Waals surface area contributed by atoms with Gasteiger partial charge in [-0.25, -0.2) is 4.79 Å². The number of carboxylic acid groups (broad SMARTS) is 3. The van der Waals surface area contributed by atoms with E-state index in [2.05, 4.69) is 10.6 Å². The molecule has 0 aliphatic carbocycles. The Balaban J connectivity index is 2.91. The third-order valence-corrected chi connectivity index (χ3v) is 5.07. The molecule has 3 amide bonds. The fourth-order valence-electron chi connectivity index (χ4n) is 3.34. The van der Waals surface area contributed by atoms with E-state index in [1.54, 1.807) is 13.8 Å². The molecule has 0 radical (unpaired) electrons. The first-order chi connectivity index (χ1) is 14.8. The number of nitrogens with two attached hydrogens (primary N) is 1. The van der Waals surface area contributed by atoms with Crippen molar-refractivity contribution in [1.82, 2.24) is 15.5 Å². The molecule has 180 valence electrons. The molecule has 1 rings (SSSR count). The molecule has 13 nitrogen and oxygen atoms in total. The molecule has 1 saturated heterocycles. The molecule has 1 aliphatic heterocycles. The van der Waals surface area contributed by atoms with E-state index in [0.29, 0.717) is 6.42 Å². The lowest BCUT2D eigenvalue weighted by atomic mass is 10.0. The number of amides is 3. The predicted molar refractivity (Wildman–Crippen MR) is 108 cm³/mol. The predicted octanol–water partition coefficient (Wildman–Crippen LogP) is -1.65. The van der Waals surface area contributed by atoms with Crippen LogP contribution in [0, 0.1) is 5.92 Å². The summed E-state index contributed by atoms with van der Waals surface area (Å²) in [6.45, 7) is 3.31. The van der Waals surface area contributed by atoms with Gasteiger partial charge in [0.25, 0.3) is 0 Å². The molecule has 0 spiro atoms. The monoisotopic (exact) mass is 458 g/mol. The number of nitrogens with one attached hydrogen (secondary N) is 2. The maximum absolute atomic E-state index is 12.8. The van der Waals surface area contributed by atoms with Gasteiger partial charge in [-0.1, -0.05) is 13.8 Å². The van der Waals surface area contributed by atoms with E-state index in [4.69, 9.17) is 15.9 Å². The Bertz CT molecular complexity index is 755. The summed E-state index contributed by atoms with van der Waals surface area (Å²) in [6.07, 6.45) is -0.525. The molecule has 7 N–H and O–H groups in total. The lowest BCUT2D eigenvalue weighted by Gasteiger charge is -2.28. The van der Waals surface area contributed by atoms with Crippen molar-refractivity contribution in [3.8, 4) is 0 Å². The molecular formula is C19H30N4O9. The van der Waals surface area contributed by atoms with Crippen LogP contribution in [0.3, 0.4) is 0 Å². The lowest BCUT2D eigenvalue weighted by Crippen LogP contribution is -2.57. The fourth-order valence-corrected chi connectivity index (χ4v) is 3.34. The number of hydrogen-bond donors (Lipinski definition) is 6. The number of carboxylic acids is 3. The average molecular weight is 458 g/mol. The first-order valence-corrected chi connectivity index (χ1v) is 10.2. The molecule has 1 aliphatic rings. The highest BCUT2D eigenvalue weighted by Crippen LogP contribution is 2.19. The number of carbonyl (C=O) groups excluding carboxylic acids is 3. The second-order valence-electron chi connectivity index (χ2n) is 7.96. The van der Waals surface area contributed by atoms with Crippen LogP contribution < -0.4 is 16.4 Å². The Morgan fingerprint density at radius 3 is 2.16 bits per heavy atom. The lowest BCUT2D eigenvalue weighted by molar-refractivity contribution is -0.145. The fraction of sp³-hybridized carbons (Fsp3) is 0.684. The Kier molecular flexibility index (Phi) is 10.0. The Labute approximate surface area is 184 Å². The molecule has 4 atom stereocenters. The van der Waals surface area contributed by atoms with Crippen LogP contribution in [-0.4, -0.2) is 86.6 Å². The highest BCUT2D eigenvalue weighted by molar-refractivity contribution is 5.96. The van der Waals surface area contributed by atoms with E-state index < -0.39 is 72.1 Å². The van der Waals surface area contributed by atoms with E-state index in [0.717, 1.165) is 0 Å². The minimum atomic E-state index is -1.56. The molecule has 0 aromatic rings. The summed E-state index contributed by atoms with van der Waals surface area (Å²) in [6, 6.07) is -4.98. The average Bonchev–Trinajstić information content (AvgIpc) is 3.17. The molecule has 0 saturated carbocycles. The Morgan fingerprint density at radius 1 is 1.03 bits per heavy atom. The van der Waals surface area contributed by atoms with Gasteiger partial charge in [-0.2, -0.15) is 0 Å². The largest absolute Gasteiger partial charge is 0.481 e. The standard InChI is InChI=1S/C19H30N4O9/c1-9(2)15(19(31)32)22-16(28)11(8-14(26)27)21-17(29)12-4-3-7-23(12)18(30)10(20)5-6-13(24)25/h9-12,15H,3-8,20H2,1-2H3,(H,21,29)(H,22,28)(H,24,25)(H,26,27)(H,31,32). The zero-order valence-electron chi connectivity index (χ0n) is 17.9. The van der Waals surface area contributed by atoms with Gasteiger partial charge in [-0.3, -0.25) is 24.0 Å². The number of nitrogens with zero attached hydrogens (tertiary/aromatic N) is 1. The van der Waals surface area contributed by atoms with Gasteiger partial charge in [0, 0.05) is 13.0 Å². The zero-order chi connectivity index (χ0) is 24.6. The molecule has 0 aromatic heterocycles. The summed E-state index contributed by atoms with van der Waals surface area (Å²) in [4.78, 5) is 72.2. The molecule has 13 heteroatoms. The van der Waals surface area contributed by atoms with Crippen LogP contribution in [0.25, 0.3) is 0 Å². The smallest absolute Gasteiger partial charge is 0.326 e. The number of rotatable bonds is 12. The molecule has 0 aromatic carbocycles. The van der Waals surface area contributed by atoms with E-state index >= 15 is 0 Å². The number of likely N-dealkylation sites (tertiary alicyclic amines) is 1. The normalized spacial score (nSPS) is 18.5. The third-order valence-electron chi connectivity index (χ3n) is 5.07. The first-order valence-electron chi connectivity index (χ1n) is 10.2. The van der Waals surface area contributed by atoms with Gasteiger partial charge in [0.05, 0.1) is 12.5 Å². The van der Waals surface area contributed by atoms with Crippen LogP contribution in [0.4, 0.5) is 0 Å². The van der Waals surface area contributed by atoms with Gasteiger partial charge in [-0.05, 0) is 25.2 Å². The van der Waals surface area contributed by atoms with Crippen LogP contribution >= 0.6 is 0 Å². The SMILES string of the molecule is CC(C)C(NC(=O)C(CC(=O)O)NC(=O)C1CCCN1C(=O)C(N)CCC(=O)O)C(=O)O. The van der Waals surface area contributed by atoms with Gasteiger partial charge in [0.15, 0.2) is 0 Å². The summed E-state index contributed by atoms with van der Waals surface area (Å²) >= 11 is 0. The van der Waals surface area contributed by atoms with Gasteiger partial charge in [0.1, 0.15) is 18.1 Å². The molecular weight excluding hydrogens is 428 g/mol. The number of hydrogen-bond acceptors (Lipinski definition) is 7. The summed E-state index contributed by atoms with van der Waals surface area (Å²) in [5.41, 5.74) is 5.75. The number of carbonyl (C=O) groups is 6. The van der Waals surface area contributed by atoms with E-state index in [1.165, 1.54) is 4.90 Å². The maximum atomic E-state index is 12.8. The maximum Gasteiger partial charge on any atom is 0.326 e. The third kappa shape index (κ3) is 7.80. The molecule has 32 heavy (non-hydrogen) atoms. The minimum absolute atomic E-state index is 0.116. The Morgan fingerprint density at radius 2 is 1.66 bits per heavy atom. The summed E-state index contributed by atoms with van der Waals surface area (Å²) in [7, 11) is 0. The van der Waals surface area contributed by atoms with Crippen molar-refractivity contribution >= 4 is 35.6 Å². The minimum Gasteiger partial charge on any atom is -0.481 e. The molecule has 0 bridgehead atoms. The van der Waals surface area contributed by atoms with Crippen molar-refractivity contribution < 1.29 is 44.1 Å². The highest BCUT2D eigenvalue weighted by atomic mass is 16.4. The van der Waals surface area contributed by atoms with Gasteiger partial charge < -0.3 is 36.6 Å². The summed E-state index contributed by atoms with van der Waals surface area (Å²) < 4.78 is 0. The van der Waals surface area contributed by atoms with Gasteiger partial charge in [-0.15, -0.1) is 0 Å². The summed E-state index contributed by atoms with van der Waals surface area (Å²) in [5, 5.41) is 31.6. The highest BCUT2D eigenvalue weighted by Gasteiger charge is 2.38. The van der Waals surface area contributed by atoms with Crippen LogP contribution in [0.2, 0.25) is 0 Å². The van der Waals surface area contributed by atoms with Crippen LogP contribution in [-0.2, 0) is 28.8 Å². The van der Waals surface area contributed by atoms with Crippen molar-refractivity contribution in [2.45, 2.75) is 70.1 Å². The summed E-state index contributed by atoms with van der Waals surface area (Å²) in [5.74, 6) is -6.68. The molecule has 1 fully saturated rings.